The van der Waals surface area contributed by atoms with Crippen molar-refractivity contribution in [1.29, 1.82) is 0 Å². The number of nitrogens with zero attached hydrogens (tertiary/aromatic N) is 3. The summed E-state index contributed by atoms with van der Waals surface area (Å²) >= 11 is 0. The van der Waals surface area contributed by atoms with Crippen LogP contribution in [0.15, 0.2) is 43.0 Å². The molecular weight excluding hydrogens is 324 g/mol. The fourth-order valence-electron chi connectivity index (χ4n) is 2.19. The second kappa shape index (κ2) is 6.69. The molecule has 3 rings (SSSR count). The van der Waals surface area contributed by atoms with Gasteiger partial charge >= 0.3 is 0 Å². The predicted octanol–water partition coefficient (Wildman–Crippen LogP) is 3.49. The van der Waals surface area contributed by atoms with E-state index in [0.717, 1.165) is 5.56 Å². The van der Waals surface area contributed by atoms with Crippen molar-refractivity contribution >= 4 is 5.69 Å². The predicted molar refractivity (Wildman–Crippen MR) is 79.2 cm³/mol. The van der Waals surface area contributed by atoms with Gasteiger partial charge in [0, 0.05) is 25.5 Å². The van der Waals surface area contributed by atoms with Crippen LogP contribution in [0.1, 0.15) is 11.1 Å². The Hall–Kier alpha value is -2.90. The van der Waals surface area contributed by atoms with Crippen molar-refractivity contribution < 1.29 is 17.6 Å². The van der Waals surface area contributed by atoms with E-state index in [1.54, 1.807) is 24.7 Å². The van der Waals surface area contributed by atoms with Gasteiger partial charge in [0.25, 0.3) is 11.9 Å². The van der Waals surface area contributed by atoms with Gasteiger partial charge in [0.15, 0.2) is 0 Å². The van der Waals surface area contributed by atoms with Crippen LogP contribution in [-0.2, 0) is 13.1 Å². The summed E-state index contributed by atoms with van der Waals surface area (Å²) in [5.74, 6) is -6.48. The summed E-state index contributed by atoms with van der Waals surface area (Å²) in [6, 6.07) is 7.20. The molecule has 1 N–H and O–H groups in total. The Labute approximate surface area is 134 Å². The Kier molecular flexibility index (Phi) is 4.45. The lowest BCUT2D eigenvalue weighted by Crippen LogP contribution is -2.09. The lowest BCUT2D eigenvalue weighted by atomic mass is 10.1. The minimum atomic E-state index is -1.69. The van der Waals surface area contributed by atoms with Crippen LogP contribution in [0.3, 0.4) is 0 Å². The topological polar surface area (TPSA) is 42.7 Å². The third-order valence-electron chi connectivity index (χ3n) is 3.41. The van der Waals surface area contributed by atoms with Gasteiger partial charge in [0.1, 0.15) is 5.69 Å². The van der Waals surface area contributed by atoms with Crippen molar-refractivity contribution in [2.75, 3.05) is 5.32 Å². The molecule has 1 aromatic carbocycles. The van der Waals surface area contributed by atoms with Crippen LogP contribution in [0.2, 0.25) is 0 Å². The molecule has 0 saturated carbocycles. The summed E-state index contributed by atoms with van der Waals surface area (Å²) in [6.45, 7) is 0.639. The van der Waals surface area contributed by atoms with Gasteiger partial charge in [-0.2, -0.15) is 22.5 Å². The van der Waals surface area contributed by atoms with E-state index in [1.165, 1.54) is 0 Å². The molecule has 24 heavy (non-hydrogen) atoms. The molecule has 3 aromatic rings. The number of hydrogen-bond donors (Lipinski definition) is 1. The maximum atomic E-state index is 13.5. The minimum absolute atomic E-state index is 0.00207. The van der Waals surface area contributed by atoms with Crippen LogP contribution in [0.4, 0.5) is 23.2 Å². The van der Waals surface area contributed by atoms with E-state index in [4.69, 9.17) is 0 Å². The van der Waals surface area contributed by atoms with Crippen molar-refractivity contribution in [3.8, 4) is 0 Å². The quantitative estimate of drug-likeness (QED) is 0.573. The van der Waals surface area contributed by atoms with Crippen molar-refractivity contribution in [2.24, 2.45) is 0 Å². The molecule has 0 aliphatic heterocycles. The van der Waals surface area contributed by atoms with Crippen molar-refractivity contribution in [3.05, 3.63) is 77.6 Å². The summed E-state index contributed by atoms with van der Waals surface area (Å²) in [7, 11) is 0. The third-order valence-corrected chi connectivity index (χ3v) is 3.41. The van der Waals surface area contributed by atoms with Gasteiger partial charge in [-0.3, -0.25) is 0 Å². The molecule has 0 aliphatic carbocycles. The maximum Gasteiger partial charge on any atom is 0.253 e. The van der Waals surface area contributed by atoms with Gasteiger partial charge < -0.3 is 9.88 Å². The van der Waals surface area contributed by atoms with Crippen LogP contribution in [0, 0.1) is 23.5 Å². The SMILES string of the molecule is Fc1nc(F)c(F)c(NCc2ccc(Cn3ccnc3)cc2)c1F. The van der Waals surface area contributed by atoms with Crippen LogP contribution in [-0.4, -0.2) is 14.5 Å². The Morgan fingerprint density at radius 2 is 1.54 bits per heavy atom. The highest BCUT2D eigenvalue weighted by atomic mass is 19.2. The average molecular weight is 336 g/mol. The zero-order chi connectivity index (χ0) is 17.1. The van der Waals surface area contributed by atoms with E-state index < -0.39 is 29.2 Å². The first-order chi connectivity index (χ1) is 11.5. The first-order valence-corrected chi connectivity index (χ1v) is 7.02. The van der Waals surface area contributed by atoms with E-state index in [9.17, 15) is 17.6 Å². The van der Waals surface area contributed by atoms with Crippen LogP contribution in [0.25, 0.3) is 0 Å². The lowest BCUT2D eigenvalue weighted by molar-refractivity contribution is 0.410. The number of nitrogens with one attached hydrogen (secondary N) is 1. The Morgan fingerprint density at radius 1 is 0.917 bits per heavy atom. The van der Waals surface area contributed by atoms with Crippen LogP contribution in [0.5, 0.6) is 0 Å². The molecule has 0 bridgehead atoms. The van der Waals surface area contributed by atoms with Crippen LogP contribution < -0.4 is 5.32 Å². The molecule has 0 unspecified atom stereocenters. The summed E-state index contributed by atoms with van der Waals surface area (Å²) < 4.78 is 55.0. The standard InChI is InChI=1S/C16H12F4N4/c17-12-14(13(18)16(20)23-15(12)19)22-7-10-1-3-11(4-2-10)8-24-6-5-21-9-24/h1-6,9H,7-8H2,(H,22,23). The number of benzene rings is 1. The number of halogens is 4. The van der Waals surface area contributed by atoms with Gasteiger partial charge in [-0.15, -0.1) is 0 Å². The summed E-state index contributed by atoms with van der Waals surface area (Å²) in [5.41, 5.74) is 0.832. The molecule has 124 valence electrons. The maximum absolute atomic E-state index is 13.5. The normalized spacial score (nSPS) is 10.8. The van der Waals surface area contributed by atoms with E-state index in [-0.39, 0.29) is 6.54 Å². The molecule has 4 nitrogen and oxygen atoms in total. The van der Waals surface area contributed by atoms with Crippen molar-refractivity contribution in [1.82, 2.24) is 14.5 Å². The van der Waals surface area contributed by atoms with Crippen molar-refractivity contribution in [2.45, 2.75) is 13.1 Å². The zero-order valence-electron chi connectivity index (χ0n) is 12.3. The largest absolute Gasteiger partial charge is 0.376 e. The monoisotopic (exact) mass is 336 g/mol. The summed E-state index contributed by atoms with van der Waals surface area (Å²) in [6.07, 6.45) is 5.19. The molecule has 0 atom stereocenters. The average Bonchev–Trinajstić information content (AvgIpc) is 3.07. The Balaban J connectivity index is 1.69. The van der Waals surface area contributed by atoms with Gasteiger partial charge in [-0.1, -0.05) is 24.3 Å². The number of pyridine rings is 1. The van der Waals surface area contributed by atoms with Crippen molar-refractivity contribution in [3.63, 3.8) is 0 Å². The highest BCUT2D eigenvalue weighted by molar-refractivity contribution is 5.46. The molecule has 2 aromatic heterocycles. The summed E-state index contributed by atoms with van der Waals surface area (Å²) in [5, 5.41) is 2.36. The molecule has 8 heteroatoms. The molecule has 0 saturated heterocycles. The third kappa shape index (κ3) is 3.37. The highest BCUT2D eigenvalue weighted by Crippen LogP contribution is 2.22. The van der Waals surface area contributed by atoms with Crippen LogP contribution >= 0.6 is 0 Å². The number of aromatic nitrogens is 3. The molecule has 0 amide bonds. The number of rotatable bonds is 5. The zero-order valence-corrected chi connectivity index (χ0v) is 12.3. The van der Waals surface area contributed by atoms with Gasteiger partial charge in [0.2, 0.25) is 11.6 Å². The number of imidazole rings is 1. The van der Waals surface area contributed by atoms with E-state index in [0.29, 0.717) is 12.1 Å². The molecule has 2 heterocycles. The van der Waals surface area contributed by atoms with E-state index in [2.05, 4.69) is 15.3 Å². The molecule has 0 radical (unpaired) electrons. The second-order valence-electron chi connectivity index (χ2n) is 5.10. The molecule has 0 fully saturated rings. The van der Waals surface area contributed by atoms with Gasteiger partial charge in [-0.05, 0) is 11.1 Å². The Morgan fingerprint density at radius 3 is 2.12 bits per heavy atom. The number of anilines is 1. The molecular formula is C16H12F4N4. The molecule has 0 aliphatic rings. The van der Waals surface area contributed by atoms with Gasteiger partial charge in [-0.25, -0.2) is 4.98 Å². The summed E-state index contributed by atoms with van der Waals surface area (Å²) in [4.78, 5) is 6.45. The molecule has 0 spiro atoms. The first kappa shape index (κ1) is 16.0. The minimum Gasteiger partial charge on any atom is -0.376 e. The first-order valence-electron chi connectivity index (χ1n) is 7.02. The van der Waals surface area contributed by atoms with E-state index in [1.807, 2.05) is 22.9 Å². The fourth-order valence-corrected chi connectivity index (χ4v) is 2.19. The van der Waals surface area contributed by atoms with E-state index >= 15 is 0 Å². The second-order valence-corrected chi connectivity index (χ2v) is 5.10. The fraction of sp³-hybridized carbons (Fsp3) is 0.125. The Bertz CT molecular complexity index is 806. The number of hydrogen-bond acceptors (Lipinski definition) is 3. The smallest absolute Gasteiger partial charge is 0.253 e. The van der Waals surface area contributed by atoms with Gasteiger partial charge in [0.05, 0.1) is 6.33 Å². The lowest BCUT2D eigenvalue weighted by Gasteiger charge is -2.10. The highest BCUT2D eigenvalue weighted by Gasteiger charge is 2.20.